The maximum Gasteiger partial charge on any atom is 0.227 e. The monoisotopic (exact) mass is 298 g/mol. The van der Waals surface area contributed by atoms with E-state index < -0.39 is 0 Å². The van der Waals surface area contributed by atoms with Crippen LogP contribution in [0.4, 0.5) is 10.1 Å². The first kappa shape index (κ1) is 14.6. The minimum Gasteiger partial charge on any atom is -0.368 e. The summed E-state index contributed by atoms with van der Waals surface area (Å²) in [7, 11) is 0. The van der Waals surface area contributed by atoms with E-state index >= 15 is 0 Å². The highest BCUT2D eigenvalue weighted by Gasteiger charge is 2.21. The lowest BCUT2D eigenvalue weighted by Crippen LogP contribution is -2.49. The van der Waals surface area contributed by atoms with E-state index in [-0.39, 0.29) is 18.1 Å². The lowest BCUT2D eigenvalue weighted by molar-refractivity contribution is -0.130. The molecule has 1 heterocycles. The highest BCUT2D eigenvalue weighted by atomic mass is 19.1. The summed E-state index contributed by atoms with van der Waals surface area (Å²) in [6, 6.07) is 16.5. The van der Waals surface area contributed by atoms with Gasteiger partial charge in [0.1, 0.15) is 5.82 Å². The zero-order valence-electron chi connectivity index (χ0n) is 12.4. The van der Waals surface area contributed by atoms with E-state index in [0.29, 0.717) is 13.1 Å². The van der Waals surface area contributed by atoms with Gasteiger partial charge >= 0.3 is 0 Å². The van der Waals surface area contributed by atoms with Crippen LogP contribution in [0, 0.1) is 5.82 Å². The van der Waals surface area contributed by atoms with Crippen molar-refractivity contribution >= 4 is 11.6 Å². The lowest BCUT2D eigenvalue weighted by Gasteiger charge is -2.36. The summed E-state index contributed by atoms with van der Waals surface area (Å²) in [4.78, 5) is 16.5. The quantitative estimate of drug-likeness (QED) is 0.870. The van der Waals surface area contributed by atoms with Crippen LogP contribution >= 0.6 is 0 Å². The van der Waals surface area contributed by atoms with Crippen molar-refractivity contribution in [2.45, 2.75) is 6.42 Å². The lowest BCUT2D eigenvalue weighted by atomic mass is 10.1. The molecule has 4 heteroatoms. The van der Waals surface area contributed by atoms with Crippen molar-refractivity contribution in [2.75, 3.05) is 31.1 Å². The van der Waals surface area contributed by atoms with Gasteiger partial charge in [-0.3, -0.25) is 4.79 Å². The Bertz CT molecular complexity index is 637. The van der Waals surface area contributed by atoms with Crippen molar-refractivity contribution in [1.82, 2.24) is 4.90 Å². The number of carbonyl (C=O) groups is 1. The predicted octanol–water partition coefficient (Wildman–Crippen LogP) is 2.72. The van der Waals surface area contributed by atoms with Crippen molar-refractivity contribution in [2.24, 2.45) is 0 Å². The molecule has 1 saturated heterocycles. The van der Waals surface area contributed by atoms with Gasteiger partial charge in [0, 0.05) is 31.9 Å². The molecule has 0 N–H and O–H groups in total. The number of nitrogens with zero attached hydrogens (tertiary/aromatic N) is 2. The molecule has 0 aromatic heterocycles. The van der Waals surface area contributed by atoms with Crippen molar-refractivity contribution in [3.05, 3.63) is 66.0 Å². The van der Waals surface area contributed by atoms with Gasteiger partial charge in [0.05, 0.1) is 6.42 Å². The molecule has 0 aliphatic carbocycles. The minimum absolute atomic E-state index is 0.0679. The summed E-state index contributed by atoms with van der Waals surface area (Å²) in [5, 5.41) is 0. The van der Waals surface area contributed by atoms with Gasteiger partial charge < -0.3 is 9.80 Å². The van der Waals surface area contributed by atoms with Crippen LogP contribution in [0.5, 0.6) is 0 Å². The highest BCUT2D eigenvalue weighted by Crippen LogP contribution is 2.16. The number of rotatable bonds is 3. The molecule has 0 bridgehead atoms. The summed E-state index contributed by atoms with van der Waals surface area (Å²) < 4.78 is 13.2. The summed E-state index contributed by atoms with van der Waals surface area (Å²) in [5.41, 5.74) is 1.93. The average Bonchev–Trinajstić information content (AvgIpc) is 2.56. The van der Waals surface area contributed by atoms with Crippen LogP contribution in [0.25, 0.3) is 0 Å². The number of halogens is 1. The van der Waals surface area contributed by atoms with Crippen LogP contribution in [0.1, 0.15) is 5.56 Å². The SMILES string of the molecule is O=C(Cc1cccc(F)c1)N1CCN(c2ccccc2)CC1. The smallest absolute Gasteiger partial charge is 0.227 e. The number of anilines is 1. The zero-order valence-corrected chi connectivity index (χ0v) is 12.4. The van der Waals surface area contributed by atoms with Crippen LogP contribution < -0.4 is 4.90 Å². The second-order valence-corrected chi connectivity index (χ2v) is 5.51. The van der Waals surface area contributed by atoms with Crippen LogP contribution in [0.15, 0.2) is 54.6 Å². The Morgan fingerprint density at radius 3 is 2.36 bits per heavy atom. The normalized spacial score (nSPS) is 15.0. The molecule has 1 amide bonds. The summed E-state index contributed by atoms with van der Waals surface area (Å²) in [5.74, 6) is -0.225. The zero-order chi connectivity index (χ0) is 15.4. The fourth-order valence-electron chi connectivity index (χ4n) is 2.79. The Morgan fingerprint density at radius 2 is 1.68 bits per heavy atom. The molecule has 0 atom stereocenters. The first-order valence-electron chi connectivity index (χ1n) is 7.54. The number of piperazine rings is 1. The van der Waals surface area contributed by atoms with E-state index in [2.05, 4.69) is 17.0 Å². The van der Waals surface area contributed by atoms with Gasteiger partial charge in [0.2, 0.25) is 5.91 Å². The van der Waals surface area contributed by atoms with E-state index in [0.717, 1.165) is 18.7 Å². The van der Waals surface area contributed by atoms with Crippen LogP contribution in [-0.4, -0.2) is 37.0 Å². The van der Waals surface area contributed by atoms with Crippen molar-refractivity contribution in [3.8, 4) is 0 Å². The Morgan fingerprint density at radius 1 is 0.955 bits per heavy atom. The topological polar surface area (TPSA) is 23.6 Å². The Kier molecular flexibility index (Phi) is 4.37. The second kappa shape index (κ2) is 6.60. The third-order valence-corrected chi connectivity index (χ3v) is 4.00. The molecular formula is C18H19FN2O. The number of hydrogen-bond acceptors (Lipinski definition) is 2. The average molecular weight is 298 g/mol. The van der Waals surface area contributed by atoms with E-state index in [1.54, 1.807) is 12.1 Å². The Balaban J connectivity index is 1.56. The van der Waals surface area contributed by atoms with Crippen molar-refractivity contribution < 1.29 is 9.18 Å². The molecule has 0 saturated carbocycles. The highest BCUT2D eigenvalue weighted by molar-refractivity contribution is 5.79. The van der Waals surface area contributed by atoms with E-state index in [1.807, 2.05) is 23.1 Å². The number of benzene rings is 2. The third kappa shape index (κ3) is 3.45. The summed E-state index contributed by atoms with van der Waals surface area (Å²) in [6.07, 6.45) is 0.267. The van der Waals surface area contributed by atoms with Crippen LogP contribution in [0.3, 0.4) is 0 Å². The van der Waals surface area contributed by atoms with E-state index in [1.165, 1.54) is 17.8 Å². The molecule has 3 nitrogen and oxygen atoms in total. The summed E-state index contributed by atoms with van der Waals surface area (Å²) in [6.45, 7) is 3.09. The number of hydrogen-bond donors (Lipinski definition) is 0. The minimum atomic E-state index is -0.292. The molecule has 2 aromatic rings. The Labute approximate surface area is 130 Å². The van der Waals surface area contributed by atoms with Crippen molar-refractivity contribution in [1.29, 1.82) is 0 Å². The van der Waals surface area contributed by atoms with E-state index in [9.17, 15) is 9.18 Å². The van der Waals surface area contributed by atoms with Crippen molar-refractivity contribution in [3.63, 3.8) is 0 Å². The number of para-hydroxylation sites is 1. The van der Waals surface area contributed by atoms with E-state index in [4.69, 9.17) is 0 Å². The molecule has 114 valence electrons. The molecule has 3 rings (SSSR count). The number of carbonyl (C=O) groups excluding carboxylic acids is 1. The predicted molar refractivity (Wildman–Crippen MR) is 85.3 cm³/mol. The molecule has 0 radical (unpaired) electrons. The standard InChI is InChI=1S/C18H19FN2O/c19-16-6-4-5-15(13-16)14-18(22)21-11-9-20(10-12-21)17-7-2-1-3-8-17/h1-8,13H,9-12,14H2. The maximum absolute atomic E-state index is 13.2. The molecule has 22 heavy (non-hydrogen) atoms. The molecular weight excluding hydrogens is 279 g/mol. The van der Waals surface area contributed by atoms with Gasteiger partial charge in [0.15, 0.2) is 0 Å². The largest absolute Gasteiger partial charge is 0.368 e. The molecule has 1 aliphatic heterocycles. The molecule has 0 unspecified atom stereocenters. The Hall–Kier alpha value is -2.36. The van der Waals surface area contributed by atoms with Gasteiger partial charge in [-0.1, -0.05) is 30.3 Å². The van der Waals surface area contributed by atoms with Gasteiger partial charge in [-0.05, 0) is 29.8 Å². The van der Waals surface area contributed by atoms with Crippen LogP contribution in [0.2, 0.25) is 0 Å². The molecule has 1 aliphatic rings. The maximum atomic E-state index is 13.2. The fourth-order valence-corrected chi connectivity index (χ4v) is 2.79. The fraction of sp³-hybridized carbons (Fsp3) is 0.278. The van der Waals surface area contributed by atoms with Gasteiger partial charge in [-0.15, -0.1) is 0 Å². The molecule has 0 spiro atoms. The second-order valence-electron chi connectivity index (χ2n) is 5.51. The number of amides is 1. The first-order valence-corrected chi connectivity index (χ1v) is 7.54. The summed E-state index contributed by atoms with van der Waals surface area (Å²) >= 11 is 0. The first-order chi connectivity index (χ1) is 10.7. The molecule has 1 fully saturated rings. The van der Waals surface area contributed by atoms with Gasteiger partial charge in [-0.2, -0.15) is 0 Å². The van der Waals surface area contributed by atoms with Crippen LogP contribution in [-0.2, 0) is 11.2 Å². The third-order valence-electron chi connectivity index (χ3n) is 4.00. The molecule has 2 aromatic carbocycles. The van der Waals surface area contributed by atoms with Gasteiger partial charge in [0.25, 0.3) is 0 Å². The van der Waals surface area contributed by atoms with Gasteiger partial charge in [-0.25, -0.2) is 4.39 Å².